The van der Waals surface area contributed by atoms with Crippen LogP contribution in [0.5, 0.6) is 0 Å². The van der Waals surface area contributed by atoms with Gasteiger partial charge in [0.2, 0.25) is 0 Å². The molecule has 31 heavy (non-hydrogen) atoms. The predicted octanol–water partition coefficient (Wildman–Crippen LogP) is 3.69. The third-order valence-electron chi connectivity index (χ3n) is 7.02. The third kappa shape index (κ3) is 3.42. The fourth-order valence-corrected chi connectivity index (χ4v) is 5.72. The van der Waals surface area contributed by atoms with Gasteiger partial charge < -0.3 is 4.90 Å². The summed E-state index contributed by atoms with van der Waals surface area (Å²) >= 11 is 0. The average Bonchev–Trinajstić information content (AvgIpc) is 3.32. The number of fused-ring (bicyclic) bond motifs is 2. The predicted molar refractivity (Wildman–Crippen MR) is 125 cm³/mol. The number of hydrogen-bond acceptors (Lipinski definition) is 4. The van der Waals surface area contributed by atoms with Crippen molar-refractivity contribution in [2.45, 2.75) is 26.8 Å². The van der Waals surface area contributed by atoms with E-state index in [0.717, 1.165) is 47.6 Å². The van der Waals surface area contributed by atoms with Crippen molar-refractivity contribution in [3.8, 4) is 0 Å². The van der Waals surface area contributed by atoms with Crippen molar-refractivity contribution in [1.29, 1.82) is 0 Å². The molecule has 0 N–H and O–H groups in total. The minimum Gasteiger partial charge on any atom is -0.338 e. The van der Waals surface area contributed by atoms with Crippen LogP contribution in [0.25, 0.3) is 11.0 Å². The number of carbonyl (C=O) groups is 1. The Morgan fingerprint density at radius 1 is 1.06 bits per heavy atom. The van der Waals surface area contributed by atoms with Crippen molar-refractivity contribution in [3.05, 3.63) is 58.4 Å². The molecule has 2 aliphatic rings. The van der Waals surface area contributed by atoms with Gasteiger partial charge in [0.25, 0.3) is 5.91 Å². The molecular formula is C24H30ClN5O. The van der Waals surface area contributed by atoms with Crippen molar-refractivity contribution in [2.75, 3.05) is 26.7 Å². The molecule has 164 valence electrons. The quantitative estimate of drug-likeness (QED) is 0.611. The minimum atomic E-state index is 0. The molecular weight excluding hydrogens is 410 g/mol. The van der Waals surface area contributed by atoms with Crippen LogP contribution in [0, 0.1) is 32.6 Å². The van der Waals surface area contributed by atoms with Crippen LogP contribution in [0.4, 0.5) is 0 Å². The highest BCUT2D eigenvalue weighted by Gasteiger charge is 2.47. The highest BCUT2D eigenvalue weighted by molar-refractivity contribution is 6.06. The van der Waals surface area contributed by atoms with Gasteiger partial charge in [-0.15, -0.1) is 12.4 Å². The first-order valence-corrected chi connectivity index (χ1v) is 10.7. The Morgan fingerprint density at radius 2 is 1.81 bits per heavy atom. The molecule has 1 aromatic carbocycles. The van der Waals surface area contributed by atoms with Gasteiger partial charge >= 0.3 is 0 Å². The number of aromatic nitrogens is 3. The Bertz CT molecular complexity index is 1160. The van der Waals surface area contributed by atoms with Crippen molar-refractivity contribution < 1.29 is 4.79 Å². The summed E-state index contributed by atoms with van der Waals surface area (Å²) in [6.07, 6.45) is 0. The second-order valence-electron chi connectivity index (χ2n) is 9.09. The molecule has 0 bridgehead atoms. The van der Waals surface area contributed by atoms with E-state index in [4.69, 9.17) is 0 Å². The number of aryl methyl sites for hydroxylation is 4. The summed E-state index contributed by atoms with van der Waals surface area (Å²) in [6.45, 7) is 8.74. The van der Waals surface area contributed by atoms with E-state index in [1.54, 1.807) is 4.68 Å². The van der Waals surface area contributed by atoms with Crippen LogP contribution in [-0.2, 0) is 7.05 Å². The van der Waals surface area contributed by atoms with Gasteiger partial charge in [-0.2, -0.15) is 5.10 Å². The largest absolute Gasteiger partial charge is 0.338 e. The summed E-state index contributed by atoms with van der Waals surface area (Å²) in [6, 6.07) is 11.0. The van der Waals surface area contributed by atoms with Crippen LogP contribution in [0.2, 0.25) is 0 Å². The fourth-order valence-electron chi connectivity index (χ4n) is 5.72. The Labute approximate surface area is 189 Å². The van der Waals surface area contributed by atoms with Crippen molar-refractivity contribution in [1.82, 2.24) is 24.6 Å². The third-order valence-corrected chi connectivity index (χ3v) is 7.02. The van der Waals surface area contributed by atoms with Crippen molar-refractivity contribution in [3.63, 3.8) is 0 Å². The normalized spacial score (nSPS) is 23.3. The van der Waals surface area contributed by atoms with Crippen LogP contribution in [0.15, 0.2) is 30.3 Å². The van der Waals surface area contributed by atoms with Gasteiger partial charge in [-0.1, -0.05) is 24.3 Å². The number of halogens is 1. The van der Waals surface area contributed by atoms with E-state index in [0.29, 0.717) is 17.9 Å². The summed E-state index contributed by atoms with van der Waals surface area (Å²) in [7, 11) is 4.11. The zero-order valence-electron chi connectivity index (χ0n) is 18.8. The average molecular weight is 440 g/mol. The molecule has 3 atom stereocenters. The molecule has 7 heteroatoms. The number of benzene rings is 1. The van der Waals surface area contributed by atoms with E-state index < -0.39 is 0 Å². The Balaban J connectivity index is 0.00000231. The van der Waals surface area contributed by atoms with E-state index in [2.05, 4.69) is 58.1 Å². The van der Waals surface area contributed by atoms with Crippen molar-refractivity contribution in [2.24, 2.45) is 18.9 Å². The van der Waals surface area contributed by atoms with Crippen LogP contribution in [-0.4, -0.2) is 57.2 Å². The first-order chi connectivity index (χ1) is 14.3. The van der Waals surface area contributed by atoms with Gasteiger partial charge in [-0.3, -0.25) is 14.4 Å². The maximum atomic E-state index is 13.6. The van der Waals surface area contributed by atoms with E-state index in [-0.39, 0.29) is 18.3 Å². The molecule has 2 aromatic heterocycles. The molecule has 0 unspecified atom stereocenters. The summed E-state index contributed by atoms with van der Waals surface area (Å²) < 4.78 is 1.77. The Morgan fingerprint density at radius 3 is 2.55 bits per heavy atom. The molecule has 6 nitrogen and oxygen atoms in total. The number of carbonyl (C=O) groups excluding carboxylic acids is 1. The van der Waals surface area contributed by atoms with Crippen LogP contribution < -0.4 is 0 Å². The van der Waals surface area contributed by atoms with Crippen LogP contribution >= 0.6 is 12.4 Å². The number of rotatable bonds is 2. The molecule has 0 aliphatic carbocycles. The molecule has 1 amide bonds. The monoisotopic (exact) mass is 439 g/mol. The van der Waals surface area contributed by atoms with Gasteiger partial charge in [-0.05, 0) is 50.9 Å². The first kappa shape index (κ1) is 21.8. The molecule has 0 radical (unpaired) electrons. The topological polar surface area (TPSA) is 54.3 Å². The molecule has 2 saturated heterocycles. The molecule has 4 heterocycles. The maximum absolute atomic E-state index is 13.6. The molecule has 5 rings (SSSR count). The second-order valence-corrected chi connectivity index (χ2v) is 9.09. The second kappa shape index (κ2) is 7.92. The Kier molecular flexibility index (Phi) is 5.56. The van der Waals surface area contributed by atoms with Crippen LogP contribution in [0.1, 0.15) is 38.9 Å². The van der Waals surface area contributed by atoms with E-state index in [1.165, 1.54) is 11.1 Å². The highest BCUT2D eigenvalue weighted by Crippen LogP contribution is 2.45. The SMILES string of the molecule is Cc1cc(C(=O)N2C[C@@H]3CN(C)[C@H](c4ccccc4C)[C@@H]3C2)c2c(C)nn(C)c2n1.Cl. The number of hydrogen-bond donors (Lipinski definition) is 0. The van der Waals surface area contributed by atoms with Crippen LogP contribution in [0.3, 0.4) is 0 Å². The van der Waals surface area contributed by atoms with Gasteiger partial charge in [-0.25, -0.2) is 4.98 Å². The summed E-state index contributed by atoms with van der Waals surface area (Å²) in [5.74, 6) is 1.09. The van der Waals surface area contributed by atoms with E-state index >= 15 is 0 Å². The van der Waals surface area contributed by atoms with E-state index in [9.17, 15) is 4.79 Å². The lowest BCUT2D eigenvalue weighted by atomic mass is 9.88. The lowest BCUT2D eigenvalue weighted by molar-refractivity contribution is 0.0769. The highest BCUT2D eigenvalue weighted by atomic mass is 35.5. The lowest BCUT2D eigenvalue weighted by Crippen LogP contribution is -2.33. The zero-order chi connectivity index (χ0) is 21.2. The van der Waals surface area contributed by atoms with Gasteiger partial charge in [0, 0.05) is 44.3 Å². The smallest absolute Gasteiger partial charge is 0.254 e. The fraction of sp³-hybridized carbons (Fsp3) is 0.458. The molecule has 2 fully saturated rings. The summed E-state index contributed by atoms with van der Waals surface area (Å²) in [5, 5.41) is 5.39. The first-order valence-electron chi connectivity index (χ1n) is 10.7. The minimum absolute atomic E-state index is 0. The number of nitrogens with zero attached hydrogens (tertiary/aromatic N) is 5. The van der Waals surface area contributed by atoms with Gasteiger partial charge in [0.05, 0.1) is 16.6 Å². The molecule has 0 spiro atoms. The van der Waals surface area contributed by atoms with Gasteiger partial charge in [0.15, 0.2) is 5.65 Å². The molecule has 0 saturated carbocycles. The molecule has 2 aliphatic heterocycles. The number of amides is 1. The van der Waals surface area contributed by atoms with Crippen molar-refractivity contribution >= 4 is 29.3 Å². The van der Waals surface area contributed by atoms with Gasteiger partial charge in [0.1, 0.15) is 0 Å². The lowest BCUT2D eigenvalue weighted by Gasteiger charge is -2.28. The standard InChI is InChI=1S/C24H29N5O.ClH/c1-14-8-6-7-9-18(14)22-20-13-29(12-17(20)11-27(22)4)24(30)19-10-15(2)25-23-21(19)16(3)26-28(23)5;/h6-10,17,20,22H,11-13H2,1-5H3;1H/t17-,20+,22+;/m0./s1. The Hall–Kier alpha value is -2.44. The number of likely N-dealkylation sites (tertiary alicyclic amines) is 2. The maximum Gasteiger partial charge on any atom is 0.254 e. The zero-order valence-corrected chi connectivity index (χ0v) is 19.6. The van der Waals surface area contributed by atoms with E-state index in [1.807, 2.05) is 27.0 Å². The molecule has 3 aromatic rings. The summed E-state index contributed by atoms with van der Waals surface area (Å²) in [5.41, 5.74) is 5.96. The summed E-state index contributed by atoms with van der Waals surface area (Å²) in [4.78, 5) is 22.8. The number of pyridine rings is 1.